The van der Waals surface area contributed by atoms with E-state index in [1.54, 1.807) is 16.8 Å². The van der Waals surface area contributed by atoms with Gasteiger partial charge in [-0.3, -0.25) is 9.48 Å². The third-order valence-corrected chi connectivity index (χ3v) is 2.74. The van der Waals surface area contributed by atoms with Crippen LogP contribution in [0.15, 0.2) is 18.2 Å². The van der Waals surface area contributed by atoms with Crippen LogP contribution in [0.3, 0.4) is 0 Å². The fourth-order valence-electron chi connectivity index (χ4n) is 1.66. The first-order chi connectivity index (χ1) is 7.58. The van der Waals surface area contributed by atoms with Gasteiger partial charge in [-0.2, -0.15) is 5.10 Å². The lowest BCUT2D eigenvalue weighted by Gasteiger charge is -2.00. The Morgan fingerprint density at radius 2 is 2.31 bits per heavy atom. The van der Waals surface area contributed by atoms with Gasteiger partial charge in [-0.1, -0.05) is 11.6 Å². The molecule has 0 fully saturated rings. The Labute approximate surface area is 97.4 Å². The van der Waals surface area contributed by atoms with Crippen LogP contribution in [0, 0.1) is 6.92 Å². The number of aromatic nitrogens is 2. The maximum Gasteiger partial charge on any atom is 0.305 e. The van der Waals surface area contributed by atoms with E-state index in [1.165, 1.54) is 0 Å². The van der Waals surface area contributed by atoms with E-state index in [2.05, 4.69) is 5.10 Å². The first kappa shape index (κ1) is 11.0. The molecule has 2 rings (SSSR count). The number of aliphatic carboxylic acids is 1. The molecule has 4 nitrogen and oxygen atoms in total. The molecule has 0 aliphatic rings. The lowest BCUT2D eigenvalue weighted by molar-refractivity contribution is -0.137. The minimum Gasteiger partial charge on any atom is -0.481 e. The van der Waals surface area contributed by atoms with E-state index in [9.17, 15) is 4.79 Å². The molecule has 1 aromatic heterocycles. The van der Waals surface area contributed by atoms with Crippen molar-refractivity contribution in [1.29, 1.82) is 0 Å². The largest absolute Gasteiger partial charge is 0.481 e. The number of carbonyl (C=O) groups is 1. The number of aryl methyl sites for hydroxylation is 2. The van der Waals surface area contributed by atoms with Crippen LogP contribution in [0.5, 0.6) is 0 Å². The molecule has 0 saturated carbocycles. The zero-order valence-corrected chi connectivity index (χ0v) is 9.53. The van der Waals surface area contributed by atoms with Gasteiger partial charge in [-0.25, -0.2) is 0 Å². The van der Waals surface area contributed by atoms with Crippen LogP contribution in [0.25, 0.3) is 10.9 Å². The summed E-state index contributed by atoms with van der Waals surface area (Å²) in [4.78, 5) is 10.5. The molecule has 0 amide bonds. The summed E-state index contributed by atoms with van der Waals surface area (Å²) in [6.45, 7) is 2.30. The van der Waals surface area contributed by atoms with Crippen LogP contribution in [0.1, 0.15) is 12.1 Å². The predicted molar refractivity (Wildman–Crippen MR) is 61.7 cm³/mol. The van der Waals surface area contributed by atoms with E-state index < -0.39 is 5.97 Å². The minimum atomic E-state index is -0.822. The normalized spacial score (nSPS) is 10.9. The van der Waals surface area contributed by atoms with E-state index in [1.807, 2.05) is 13.0 Å². The average molecular weight is 239 g/mol. The molecule has 1 heterocycles. The highest BCUT2D eigenvalue weighted by Gasteiger charge is 2.08. The summed E-state index contributed by atoms with van der Waals surface area (Å²) in [5.74, 6) is -0.822. The third-order valence-electron chi connectivity index (χ3n) is 2.50. The molecule has 0 saturated heterocycles. The summed E-state index contributed by atoms with van der Waals surface area (Å²) in [7, 11) is 0. The number of benzene rings is 1. The van der Waals surface area contributed by atoms with Gasteiger partial charge < -0.3 is 5.11 Å². The van der Waals surface area contributed by atoms with Crippen LogP contribution in [0.2, 0.25) is 5.02 Å². The van der Waals surface area contributed by atoms with Gasteiger partial charge in [0.2, 0.25) is 0 Å². The van der Waals surface area contributed by atoms with Crippen molar-refractivity contribution >= 4 is 28.5 Å². The highest BCUT2D eigenvalue weighted by Crippen LogP contribution is 2.21. The second kappa shape index (κ2) is 4.14. The molecule has 0 atom stereocenters. The fourth-order valence-corrected chi connectivity index (χ4v) is 1.82. The highest BCUT2D eigenvalue weighted by atomic mass is 35.5. The zero-order valence-electron chi connectivity index (χ0n) is 8.77. The number of carboxylic acids is 1. The molecule has 0 aliphatic carbocycles. The van der Waals surface area contributed by atoms with Crippen molar-refractivity contribution in [3.63, 3.8) is 0 Å². The molecule has 5 heteroatoms. The topological polar surface area (TPSA) is 55.1 Å². The minimum absolute atomic E-state index is 0.0720. The standard InChI is InChI=1S/C11H11ClN2O2/c1-7-9-3-2-8(12)6-10(9)13-14(7)5-4-11(15)16/h2-3,6H,4-5H2,1H3,(H,15,16). The van der Waals surface area contributed by atoms with E-state index >= 15 is 0 Å². The molecule has 1 aromatic carbocycles. The van der Waals surface area contributed by atoms with Crippen molar-refractivity contribution in [1.82, 2.24) is 9.78 Å². The molecule has 1 N–H and O–H groups in total. The van der Waals surface area contributed by atoms with E-state index in [-0.39, 0.29) is 6.42 Å². The summed E-state index contributed by atoms with van der Waals surface area (Å²) in [6.07, 6.45) is 0.0720. The Hall–Kier alpha value is -1.55. The summed E-state index contributed by atoms with van der Waals surface area (Å²) in [5, 5.41) is 14.6. The lowest BCUT2D eigenvalue weighted by atomic mass is 10.2. The summed E-state index contributed by atoms with van der Waals surface area (Å²) in [6, 6.07) is 5.48. The van der Waals surface area contributed by atoms with Crippen LogP contribution in [-0.4, -0.2) is 20.9 Å². The van der Waals surface area contributed by atoms with E-state index in [4.69, 9.17) is 16.7 Å². The van der Waals surface area contributed by atoms with Gasteiger partial charge in [0.25, 0.3) is 0 Å². The number of fused-ring (bicyclic) bond motifs is 1. The van der Waals surface area contributed by atoms with Crippen molar-refractivity contribution in [2.45, 2.75) is 19.9 Å². The maximum absolute atomic E-state index is 10.5. The van der Waals surface area contributed by atoms with Crippen molar-refractivity contribution in [3.05, 3.63) is 28.9 Å². The van der Waals surface area contributed by atoms with Gasteiger partial charge in [-0.15, -0.1) is 0 Å². The number of hydrogen-bond donors (Lipinski definition) is 1. The Kier molecular flexibility index (Phi) is 2.83. The molecule has 0 radical (unpaired) electrons. The first-order valence-electron chi connectivity index (χ1n) is 4.92. The Morgan fingerprint density at radius 1 is 1.56 bits per heavy atom. The summed E-state index contributed by atoms with van der Waals surface area (Å²) in [5.41, 5.74) is 1.77. The smallest absolute Gasteiger partial charge is 0.305 e. The summed E-state index contributed by atoms with van der Waals surface area (Å²) < 4.78 is 1.70. The second-order valence-corrected chi connectivity index (χ2v) is 4.05. The van der Waals surface area contributed by atoms with Crippen LogP contribution >= 0.6 is 11.6 Å². The quantitative estimate of drug-likeness (QED) is 0.894. The lowest BCUT2D eigenvalue weighted by Crippen LogP contribution is -2.07. The Balaban J connectivity index is 2.39. The van der Waals surface area contributed by atoms with Gasteiger partial charge in [-0.05, 0) is 25.1 Å². The number of rotatable bonds is 3. The SMILES string of the molecule is Cc1c2ccc(Cl)cc2nn1CCC(=O)O. The van der Waals surface area contributed by atoms with E-state index in [0.717, 1.165) is 16.6 Å². The molecule has 84 valence electrons. The van der Waals surface area contributed by atoms with Crippen LogP contribution < -0.4 is 0 Å². The number of carboxylic acid groups (broad SMARTS) is 1. The monoisotopic (exact) mass is 238 g/mol. The van der Waals surface area contributed by atoms with Crippen LogP contribution in [0.4, 0.5) is 0 Å². The third kappa shape index (κ3) is 2.02. The first-order valence-corrected chi connectivity index (χ1v) is 5.30. The number of hydrogen-bond acceptors (Lipinski definition) is 2. The van der Waals surface area contributed by atoms with Gasteiger partial charge in [0.1, 0.15) is 0 Å². The van der Waals surface area contributed by atoms with Gasteiger partial charge in [0, 0.05) is 16.1 Å². The highest BCUT2D eigenvalue weighted by molar-refractivity contribution is 6.31. The molecule has 0 spiro atoms. The van der Waals surface area contributed by atoms with Gasteiger partial charge >= 0.3 is 5.97 Å². The Bertz CT molecular complexity index is 548. The van der Waals surface area contributed by atoms with Crippen LogP contribution in [-0.2, 0) is 11.3 Å². The maximum atomic E-state index is 10.5. The Morgan fingerprint density at radius 3 is 3.00 bits per heavy atom. The van der Waals surface area contributed by atoms with Gasteiger partial charge in [0.05, 0.1) is 18.5 Å². The molecule has 0 bridgehead atoms. The summed E-state index contributed by atoms with van der Waals surface area (Å²) >= 11 is 5.86. The molecular weight excluding hydrogens is 228 g/mol. The van der Waals surface area contributed by atoms with Crippen molar-refractivity contribution in [2.75, 3.05) is 0 Å². The molecule has 0 aliphatic heterocycles. The second-order valence-electron chi connectivity index (χ2n) is 3.61. The number of halogens is 1. The molecule has 16 heavy (non-hydrogen) atoms. The van der Waals surface area contributed by atoms with E-state index in [0.29, 0.717) is 11.6 Å². The van der Waals surface area contributed by atoms with Crippen molar-refractivity contribution in [2.24, 2.45) is 0 Å². The molecule has 0 unspecified atom stereocenters. The zero-order chi connectivity index (χ0) is 11.7. The number of nitrogens with zero attached hydrogens (tertiary/aromatic N) is 2. The molecular formula is C11H11ClN2O2. The van der Waals surface area contributed by atoms with Crippen molar-refractivity contribution in [3.8, 4) is 0 Å². The predicted octanol–water partition coefficient (Wildman–Crippen LogP) is 2.47. The fraction of sp³-hybridized carbons (Fsp3) is 0.273. The van der Waals surface area contributed by atoms with Gasteiger partial charge in [0.15, 0.2) is 0 Å². The van der Waals surface area contributed by atoms with Crippen molar-refractivity contribution < 1.29 is 9.90 Å². The molecule has 2 aromatic rings. The average Bonchev–Trinajstić information content (AvgIpc) is 2.52.